The molecule has 17 heteroatoms. The molecule has 53 heavy (non-hydrogen) atoms. The molecule has 0 fully saturated rings. The Balaban J connectivity index is 4.32. The fraction of sp³-hybridized carbons (Fsp3) is 0.833. The average molecular weight is 760 g/mol. The molecule has 0 spiro atoms. The Morgan fingerprint density at radius 3 is 1.53 bits per heavy atom. The molecule has 308 valence electrons. The summed E-state index contributed by atoms with van der Waals surface area (Å²) in [6.45, 7) is 5.04. The Labute approximate surface area is 315 Å². The van der Waals surface area contributed by atoms with Crippen LogP contribution in [0.3, 0.4) is 0 Å². The minimum absolute atomic E-state index is 0.0499. The molecule has 4 amide bonds. The van der Waals surface area contributed by atoms with Gasteiger partial charge in [-0.25, -0.2) is 0 Å². The lowest BCUT2D eigenvalue weighted by molar-refractivity contribution is -0.132. The van der Waals surface area contributed by atoms with Crippen molar-refractivity contribution < 1.29 is 47.7 Å². The van der Waals surface area contributed by atoms with Gasteiger partial charge in [0.05, 0.1) is 39.6 Å². The molecule has 0 aliphatic carbocycles. The van der Waals surface area contributed by atoms with E-state index >= 15 is 0 Å². The van der Waals surface area contributed by atoms with Gasteiger partial charge in [-0.15, -0.1) is 0 Å². The van der Waals surface area contributed by atoms with Gasteiger partial charge in [0.25, 0.3) is 0 Å². The summed E-state index contributed by atoms with van der Waals surface area (Å²) in [4.78, 5) is 73.3. The van der Waals surface area contributed by atoms with Crippen molar-refractivity contribution in [3.8, 4) is 0 Å². The second kappa shape index (κ2) is 34.7. The summed E-state index contributed by atoms with van der Waals surface area (Å²) in [6, 6.07) is -0.620. The number of carbonyl (C=O) groups is 6. The van der Waals surface area contributed by atoms with Crippen LogP contribution in [0, 0.1) is 11.8 Å². The summed E-state index contributed by atoms with van der Waals surface area (Å²) < 4.78 is 21.8. The number of nitrogens with one attached hydrogen (secondary N) is 5. The summed E-state index contributed by atoms with van der Waals surface area (Å²) in [5.41, 5.74) is 11.0. The van der Waals surface area contributed by atoms with Crippen LogP contribution in [0.2, 0.25) is 0 Å². The van der Waals surface area contributed by atoms with E-state index in [4.69, 9.17) is 30.4 Å². The fourth-order valence-electron chi connectivity index (χ4n) is 5.30. The van der Waals surface area contributed by atoms with Crippen molar-refractivity contribution in [1.29, 1.82) is 0 Å². The zero-order valence-corrected chi connectivity index (χ0v) is 32.4. The van der Waals surface area contributed by atoms with Crippen molar-refractivity contribution in [2.24, 2.45) is 23.3 Å². The zero-order chi connectivity index (χ0) is 39.5. The molecule has 3 atom stereocenters. The number of carbonyl (C=O) groups excluding carboxylic acids is 6. The number of ketones is 2. The first-order valence-electron chi connectivity index (χ1n) is 19.0. The molecule has 0 bridgehead atoms. The molecular weight excluding hydrogens is 690 g/mol. The predicted octanol–water partition coefficient (Wildman–Crippen LogP) is -0.666. The highest BCUT2D eigenvalue weighted by Crippen LogP contribution is 2.15. The zero-order valence-electron chi connectivity index (χ0n) is 32.4. The van der Waals surface area contributed by atoms with Crippen LogP contribution in [-0.4, -0.2) is 141 Å². The van der Waals surface area contributed by atoms with E-state index in [1.54, 1.807) is 0 Å². The SMILES string of the molecule is CNCCCC[C@@H](CC(=O)COCCOCCNC(=O)[C@@H](CCCCNC)CC(=O)COCCOCCNC(=O)[C@@H](CCCCN)NC(C)=O)C(N)=O. The summed E-state index contributed by atoms with van der Waals surface area (Å²) in [5, 5.41) is 14.4. The molecular formula is C36H69N7O10. The molecule has 9 N–H and O–H groups in total. The Kier molecular flexibility index (Phi) is 32.7. The summed E-state index contributed by atoms with van der Waals surface area (Å²) in [5.74, 6) is -2.64. The molecule has 0 aromatic heterocycles. The second-order valence-corrected chi connectivity index (χ2v) is 12.9. The van der Waals surface area contributed by atoms with Crippen molar-refractivity contribution in [2.75, 3.05) is 99.7 Å². The van der Waals surface area contributed by atoms with Gasteiger partial charge in [0.2, 0.25) is 23.6 Å². The van der Waals surface area contributed by atoms with E-state index in [2.05, 4.69) is 26.6 Å². The topological polar surface area (TPSA) is 252 Å². The van der Waals surface area contributed by atoms with E-state index in [1.807, 2.05) is 14.1 Å². The lowest BCUT2D eigenvalue weighted by Crippen LogP contribution is -2.46. The van der Waals surface area contributed by atoms with Crippen LogP contribution < -0.4 is 38.1 Å². The first-order valence-corrected chi connectivity index (χ1v) is 19.0. The van der Waals surface area contributed by atoms with E-state index in [0.717, 1.165) is 51.6 Å². The van der Waals surface area contributed by atoms with Crippen LogP contribution >= 0.6 is 0 Å². The Morgan fingerprint density at radius 2 is 1.04 bits per heavy atom. The quantitative estimate of drug-likeness (QED) is 0.0387. The number of primary amides is 1. The second-order valence-electron chi connectivity index (χ2n) is 12.9. The fourth-order valence-corrected chi connectivity index (χ4v) is 5.30. The first kappa shape index (κ1) is 49.9. The van der Waals surface area contributed by atoms with E-state index in [-0.39, 0.29) is 108 Å². The first-order chi connectivity index (χ1) is 25.5. The van der Waals surface area contributed by atoms with Gasteiger partial charge in [0.1, 0.15) is 19.3 Å². The van der Waals surface area contributed by atoms with Gasteiger partial charge in [0, 0.05) is 44.7 Å². The maximum absolute atomic E-state index is 12.9. The van der Waals surface area contributed by atoms with Crippen LogP contribution in [0.5, 0.6) is 0 Å². The van der Waals surface area contributed by atoms with Gasteiger partial charge in [-0.1, -0.05) is 12.8 Å². The maximum atomic E-state index is 12.9. The van der Waals surface area contributed by atoms with Crippen LogP contribution in [0.25, 0.3) is 0 Å². The number of hydrogen-bond acceptors (Lipinski definition) is 13. The predicted molar refractivity (Wildman–Crippen MR) is 201 cm³/mol. The number of Topliss-reactive ketones (excluding diaryl/α,β-unsaturated/α-hetero) is 2. The number of ether oxygens (including phenoxy) is 4. The van der Waals surface area contributed by atoms with Crippen molar-refractivity contribution in [1.82, 2.24) is 26.6 Å². The Hall–Kier alpha value is -3.06. The van der Waals surface area contributed by atoms with E-state index < -0.39 is 23.8 Å². The Morgan fingerprint density at radius 1 is 0.566 bits per heavy atom. The van der Waals surface area contributed by atoms with Gasteiger partial charge in [-0.3, -0.25) is 28.8 Å². The highest BCUT2D eigenvalue weighted by atomic mass is 16.5. The molecule has 17 nitrogen and oxygen atoms in total. The van der Waals surface area contributed by atoms with Gasteiger partial charge in [-0.2, -0.15) is 0 Å². The molecule has 0 aromatic rings. The number of unbranched alkanes of at least 4 members (excludes halogenated alkanes) is 3. The average Bonchev–Trinajstić information content (AvgIpc) is 3.12. The number of hydrogen-bond donors (Lipinski definition) is 7. The van der Waals surface area contributed by atoms with Crippen LogP contribution in [-0.2, 0) is 47.7 Å². The van der Waals surface area contributed by atoms with Gasteiger partial charge >= 0.3 is 0 Å². The lowest BCUT2D eigenvalue weighted by Gasteiger charge is -2.17. The molecule has 0 radical (unpaired) electrons. The summed E-state index contributed by atoms with van der Waals surface area (Å²) in [7, 11) is 3.72. The Bertz CT molecular complexity index is 1020. The molecule has 0 aromatic carbocycles. The summed E-state index contributed by atoms with van der Waals surface area (Å²) in [6.07, 6.45) is 6.58. The molecule has 0 unspecified atom stereocenters. The normalized spacial score (nSPS) is 12.8. The van der Waals surface area contributed by atoms with Gasteiger partial charge < -0.3 is 57.0 Å². The third-order valence-corrected chi connectivity index (χ3v) is 8.18. The standard InChI is InChI=1S/C36H69N7O10/c1-28(44)43-33(12-4-7-13-37)36(49)42-17-19-51-21-23-53-27-32(46)25-30(11-6-9-15-40-3)35(48)41-16-18-50-20-22-52-26-31(45)24-29(34(38)47)10-5-8-14-39-2/h29-30,33,39-40H,4-27,37H2,1-3H3,(H2,38,47)(H,41,48)(H,42,49)(H,43,44)/t29-,30-,33+/m0/s1. The minimum Gasteiger partial charge on any atom is -0.377 e. The minimum atomic E-state index is -0.620. The van der Waals surface area contributed by atoms with Crippen molar-refractivity contribution in [3.05, 3.63) is 0 Å². The van der Waals surface area contributed by atoms with Crippen molar-refractivity contribution in [2.45, 2.75) is 83.6 Å². The number of amides is 4. The molecule has 0 saturated carbocycles. The monoisotopic (exact) mass is 760 g/mol. The third kappa shape index (κ3) is 30.0. The molecule has 0 aliphatic rings. The van der Waals surface area contributed by atoms with E-state index in [1.165, 1.54) is 6.92 Å². The van der Waals surface area contributed by atoms with Gasteiger partial charge in [-0.05, 0) is 78.7 Å². The maximum Gasteiger partial charge on any atom is 0.242 e. The summed E-state index contributed by atoms with van der Waals surface area (Å²) >= 11 is 0. The largest absolute Gasteiger partial charge is 0.377 e. The van der Waals surface area contributed by atoms with Crippen molar-refractivity contribution >= 4 is 35.2 Å². The highest BCUT2D eigenvalue weighted by Gasteiger charge is 2.22. The van der Waals surface area contributed by atoms with Crippen LogP contribution in [0.4, 0.5) is 0 Å². The molecule has 0 saturated heterocycles. The molecule has 0 heterocycles. The highest BCUT2D eigenvalue weighted by molar-refractivity contribution is 5.88. The molecule has 0 aliphatic heterocycles. The lowest BCUT2D eigenvalue weighted by atomic mass is 9.95. The van der Waals surface area contributed by atoms with Gasteiger partial charge in [0.15, 0.2) is 11.6 Å². The van der Waals surface area contributed by atoms with Crippen LogP contribution in [0.1, 0.15) is 77.6 Å². The van der Waals surface area contributed by atoms with E-state index in [9.17, 15) is 28.8 Å². The molecule has 0 rings (SSSR count). The van der Waals surface area contributed by atoms with E-state index in [0.29, 0.717) is 25.8 Å². The van der Waals surface area contributed by atoms with Crippen molar-refractivity contribution in [3.63, 3.8) is 0 Å². The number of rotatable bonds is 38. The smallest absolute Gasteiger partial charge is 0.242 e. The third-order valence-electron chi connectivity index (χ3n) is 8.18. The number of nitrogens with two attached hydrogens (primary N) is 2. The van der Waals surface area contributed by atoms with Crippen LogP contribution in [0.15, 0.2) is 0 Å².